The first-order valence-electron chi connectivity index (χ1n) is 10.2. The van der Waals surface area contributed by atoms with Gasteiger partial charge < -0.3 is 15.5 Å². The number of likely N-dealkylation sites (N-methyl/N-ethyl adjacent to an activating group) is 1. The molecule has 170 valence electrons. The van der Waals surface area contributed by atoms with E-state index in [0.29, 0.717) is 31.6 Å². The van der Waals surface area contributed by atoms with Gasteiger partial charge in [-0.3, -0.25) is 14.4 Å². The van der Waals surface area contributed by atoms with Crippen molar-refractivity contribution in [1.29, 1.82) is 0 Å². The maximum Gasteiger partial charge on any atom is 0.416 e. The van der Waals surface area contributed by atoms with Crippen molar-refractivity contribution in [2.24, 2.45) is 5.92 Å². The summed E-state index contributed by atoms with van der Waals surface area (Å²) < 4.78 is 38.1. The van der Waals surface area contributed by atoms with E-state index in [9.17, 15) is 27.6 Å². The van der Waals surface area contributed by atoms with Gasteiger partial charge in [-0.1, -0.05) is 12.1 Å². The van der Waals surface area contributed by atoms with Gasteiger partial charge in [0.1, 0.15) is 0 Å². The number of rotatable bonds is 5. The molecule has 0 aromatic heterocycles. The predicted molar refractivity (Wildman–Crippen MR) is 113 cm³/mol. The normalized spacial score (nSPS) is 14.7. The summed E-state index contributed by atoms with van der Waals surface area (Å²) in [6.45, 7) is 0.700. The summed E-state index contributed by atoms with van der Waals surface area (Å²) in [5.41, 5.74) is 0.847. The van der Waals surface area contributed by atoms with Gasteiger partial charge in [-0.25, -0.2) is 0 Å². The maximum atomic E-state index is 12.7. The third kappa shape index (κ3) is 5.87. The smallest absolute Gasteiger partial charge is 0.359 e. The number of halogens is 3. The highest BCUT2D eigenvalue weighted by atomic mass is 19.4. The molecule has 0 bridgehead atoms. The number of nitrogens with one attached hydrogen (secondary N) is 2. The molecule has 2 N–H and O–H groups in total. The maximum absolute atomic E-state index is 12.7. The highest BCUT2D eigenvalue weighted by Gasteiger charge is 2.31. The molecule has 3 amide bonds. The Morgan fingerprint density at radius 1 is 0.969 bits per heavy atom. The summed E-state index contributed by atoms with van der Waals surface area (Å²) in [7, 11) is 1.57. The van der Waals surface area contributed by atoms with Crippen molar-refractivity contribution in [2.75, 3.05) is 25.5 Å². The minimum atomic E-state index is -4.45. The zero-order valence-electron chi connectivity index (χ0n) is 17.5. The second-order valence-corrected chi connectivity index (χ2v) is 7.68. The number of carbonyl (C=O) groups is 3. The lowest BCUT2D eigenvalue weighted by Gasteiger charge is -2.31. The molecule has 1 heterocycles. The quantitative estimate of drug-likeness (QED) is 0.737. The van der Waals surface area contributed by atoms with E-state index in [1.807, 2.05) is 0 Å². The van der Waals surface area contributed by atoms with Gasteiger partial charge in [-0.15, -0.1) is 0 Å². The molecular weight excluding hydrogens is 423 g/mol. The van der Waals surface area contributed by atoms with Crippen LogP contribution in [0.15, 0.2) is 48.5 Å². The average molecular weight is 447 g/mol. The van der Waals surface area contributed by atoms with Crippen molar-refractivity contribution < 1.29 is 27.6 Å². The molecule has 3 rings (SSSR count). The number of alkyl halides is 3. The molecule has 0 spiro atoms. The van der Waals surface area contributed by atoms with E-state index >= 15 is 0 Å². The molecule has 0 unspecified atom stereocenters. The third-order valence-corrected chi connectivity index (χ3v) is 5.48. The number of anilines is 1. The Morgan fingerprint density at radius 3 is 2.09 bits per heavy atom. The van der Waals surface area contributed by atoms with E-state index < -0.39 is 11.7 Å². The van der Waals surface area contributed by atoms with Gasteiger partial charge in [-0.2, -0.15) is 13.2 Å². The molecule has 2 aromatic carbocycles. The average Bonchev–Trinajstić information content (AvgIpc) is 2.79. The highest BCUT2D eigenvalue weighted by Crippen LogP contribution is 2.29. The fraction of sp³-hybridized carbons (Fsp3) is 0.348. The molecule has 32 heavy (non-hydrogen) atoms. The Balaban J connectivity index is 1.51. The lowest BCUT2D eigenvalue weighted by Crippen LogP contribution is -2.41. The lowest BCUT2D eigenvalue weighted by molar-refractivity contribution is -0.137. The minimum absolute atomic E-state index is 0.0978. The summed E-state index contributed by atoms with van der Waals surface area (Å²) in [6, 6.07) is 11.2. The van der Waals surface area contributed by atoms with Gasteiger partial charge in [0.05, 0.1) is 12.0 Å². The molecule has 2 aromatic rings. The number of carbonyl (C=O) groups excluding carboxylic acids is 3. The van der Waals surface area contributed by atoms with E-state index in [1.165, 1.54) is 12.1 Å². The SMILES string of the molecule is CNC(=O)Cc1ccc(NC(=O)C2CCN(C(=O)c3ccc(C(F)(F)F)cc3)CC2)cc1. The molecule has 9 heteroatoms. The molecule has 1 aliphatic rings. The fourth-order valence-electron chi connectivity index (χ4n) is 3.55. The van der Waals surface area contributed by atoms with Gasteiger partial charge >= 0.3 is 6.18 Å². The number of likely N-dealkylation sites (tertiary alicyclic amines) is 1. The van der Waals surface area contributed by atoms with Gasteiger partial charge in [0.2, 0.25) is 11.8 Å². The second-order valence-electron chi connectivity index (χ2n) is 7.68. The summed E-state index contributed by atoms with van der Waals surface area (Å²) in [5.74, 6) is -0.855. The first-order valence-corrected chi connectivity index (χ1v) is 10.2. The topological polar surface area (TPSA) is 78.5 Å². The van der Waals surface area contributed by atoms with Crippen LogP contribution in [0.25, 0.3) is 0 Å². The highest BCUT2D eigenvalue weighted by molar-refractivity contribution is 5.95. The van der Waals surface area contributed by atoms with E-state index in [-0.39, 0.29) is 35.6 Å². The van der Waals surface area contributed by atoms with Crippen LogP contribution in [-0.2, 0) is 22.2 Å². The van der Waals surface area contributed by atoms with Gasteiger partial charge in [0, 0.05) is 37.3 Å². The Morgan fingerprint density at radius 2 is 1.56 bits per heavy atom. The molecule has 0 radical (unpaired) electrons. The van der Waals surface area contributed by atoms with Gasteiger partial charge in [0.25, 0.3) is 5.91 Å². The summed E-state index contributed by atoms with van der Waals surface area (Å²) in [4.78, 5) is 38.1. The van der Waals surface area contributed by atoms with Crippen molar-refractivity contribution >= 4 is 23.4 Å². The number of nitrogens with zero attached hydrogens (tertiary/aromatic N) is 1. The first-order chi connectivity index (χ1) is 15.2. The van der Waals surface area contributed by atoms with Crippen molar-refractivity contribution in [2.45, 2.75) is 25.4 Å². The molecule has 6 nitrogen and oxygen atoms in total. The van der Waals surface area contributed by atoms with Crippen LogP contribution in [-0.4, -0.2) is 42.8 Å². The van der Waals surface area contributed by atoms with Crippen LogP contribution < -0.4 is 10.6 Å². The molecule has 0 aliphatic carbocycles. The Labute approximate surface area is 183 Å². The minimum Gasteiger partial charge on any atom is -0.359 e. The van der Waals surface area contributed by atoms with Crippen LogP contribution in [0.3, 0.4) is 0 Å². The van der Waals surface area contributed by atoms with Crippen LogP contribution in [0.1, 0.15) is 34.3 Å². The van der Waals surface area contributed by atoms with Gasteiger partial charge in [0.15, 0.2) is 0 Å². The standard InChI is InChI=1S/C23H24F3N3O3/c1-27-20(30)14-15-2-8-19(9-3-15)28-21(31)16-10-12-29(13-11-16)22(32)17-4-6-18(7-5-17)23(24,25)26/h2-9,16H,10-14H2,1H3,(H,27,30)(H,28,31). The third-order valence-electron chi connectivity index (χ3n) is 5.48. The van der Waals surface area contributed by atoms with Crippen molar-refractivity contribution in [3.8, 4) is 0 Å². The van der Waals surface area contributed by atoms with Crippen LogP contribution in [0.2, 0.25) is 0 Å². The van der Waals surface area contributed by atoms with Crippen molar-refractivity contribution in [3.63, 3.8) is 0 Å². The van der Waals surface area contributed by atoms with Crippen molar-refractivity contribution in [3.05, 3.63) is 65.2 Å². The number of benzene rings is 2. The van der Waals surface area contributed by atoms with Gasteiger partial charge in [-0.05, 0) is 54.8 Å². The monoisotopic (exact) mass is 447 g/mol. The van der Waals surface area contributed by atoms with E-state index in [2.05, 4.69) is 10.6 Å². The zero-order chi connectivity index (χ0) is 23.3. The molecule has 0 saturated carbocycles. The second kappa shape index (κ2) is 9.84. The Bertz CT molecular complexity index is 965. The molecule has 1 saturated heterocycles. The summed E-state index contributed by atoms with van der Waals surface area (Å²) in [5, 5.41) is 5.40. The number of hydrogen-bond acceptors (Lipinski definition) is 3. The van der Waals surface area contributed by atoms with E-state index in [1.54, 1.807) is 36.2 Å². The number of piperidine rings is 1. The van der Waals surface area contributed by atoms with Crippen LogP contribution in [0.5, 0.6) is 0 Å². The fourth-order valence-corrected chi connectivity index (χ4v) is 3.55. The van der Waals surface area contributed by atoms with Crippen LogP contribution >= 0.6 is 0 Å². The predicted octanol–water partition coefficient (Wildman–Crippen LogP) is 3.48. The van der Waals surface area contributed by atoms with E-state index in [0.717, 1.165) is 17.7 Å². The summed E-state index contributed by atoms with van der Waals surface area (Å²) >= 11 is 0. The zero-order valence-corrected chi connectivity index (χ0v) is 17.5. The largest absolute Gasteiger partial charge is 0.416 e. The Kier molecular flexibility index (Phi) is 7.17. The van der Waals surface area contributed by atoms with E-state index in [4.69, 9.17) is 0 Å². The van der Waals surface area contributed by atoms with Crippen LogP contribution in [0.4, 0.5) is 18.9 Å². The number of amides is 3. The van der Waals surface area contributed by atoms with Crippen molar-refractivity contribution in [1.82, 2.24) is 10.2 Å². The first kappa shape index (κ1) is 23.3. The Hall–Kier alpha value is -3.36. The molecule has 1 aliphatic heterocycles. The number of hydrogen-bond donors (Lipinski definition) is 2. The van der Waals surface area contributed by atoms with Crippen LogP contribution in [0, 0.1) is 5.92 Å². The lowest BCUT2D eigenvalue weighted by atomic mass is 9.95. The molecular formula is C23H24F3N3O3. The summed E-state index contributed by atoms with van der Waals surface area (Å²) in [6.07, 6.45) is -3.26. The molecule has 1 fully saturated rings. The molecule has 0 atom stereocenters.